The molecule has 1 heterocycles. The van der Waals surface area contributed by atoms with Crippen molar-refractivity contribution in [2.24, 2.45) is 0 Å². The van der Waals surface area contributed by atoms with Crippen molar-refractivity contribution in [2.45, 2.75) is 38.8 Å². The van der Waals surface area contributed by atoms with Crippen LogP contribution in [0.1, 0.15) is 30.9 Å². The van der Waals surface area contributed by atoms with Crippen molar-refractivity contribution in [3.8, 4) is 5.75 Å². The fourth-order valence-electron chi connectivity index (χ4n) is 3.40. The van der Waals surface area contributed by atoms with Gasteiger partial charge in [-0.25, -0.2) is 4.98 Å². The molecule has 3 aromatic rings. The Kier molecular flexibility index (Phi) is 8.18. The highest BCUT2D eigenvalue weighted by Crippen LogP contribution is 2.22. The number of anilines is 1. The van der Waals surface area contributed by atoms with Crippen LogP contribution in [0.25, 0.3) is 0 Å². The number of hydrogen-bond donors (Lipinski definition) is 1. The van der Waals surface area contributed by atoms with Crippen LogP contribution in [0.2, 0.25) is 0 Å². The van der Waals surface area contributed by atoms with Crippen molar-refractivity contribution in [2.75, 3.05) is 12.4 Å². The number of amides is 2. The molecule has 0 radical (unpaired) electrons. The van der Waals surface area contributed by atoms with Crippen molar-refractivity contribution in [3.05, 3.63) is 77.3 Å². The molecule has 1 aromatic heterocycles. The van der Waals surface area contributed by atoms with E-state index in [-0.39, 0.29) is 30.7 Å². The van der Waals surface area contributed by atoms with Gasteiger partial charge in [0.25, 0.3) is 0 Å². The highest BCUT2D eigenvalue weighted by Gasteiger charge is 2.22. The van der Waals surface area contributed by atoms with Crippen LogP contribution in [0.15, 0.2) is 66.2 Å². The van der Waals surface area contributed by atoms with E-state index in [1.165, 1.54) is 11.3 Å². The number of thiazole rings is 1. The average molecular weight is 438 g/mol. The number of methoxy groups -OCH3 is 1. The van der Waals surface area contributed by atoms with E-state index in [1.54, 1.807) is 18.7 Å². The lowest BCUT2D eigenvalue weighted by molar-refractivity contribution is -0.135. The largest absolute Gasteiger partial charge is 0.496 e. The summed E-state index contributed by atoms with van der Waals surface area (Å²) in [5.41, 5.74) is 2.10. The number of hydrogen-bond acceptors (Lipinski definition) is 5. The van der Waals surface area contributed by atoms with Gasteiger partial charge in [0.15, 0.2) is 5.13 Å². The van der Waals surface area contributed by atoms with Gasteiger partial charge in [0, 0.05) is 37.0 Å². The first-order chi connectivity index (χ1) is 15.1. The van der Waals surface area contributed by atoms with Crippen molar-refractivity contribution >= 4 is 28.3 Å². The van der Waals surface area contributed by atoms with Crippen LogP contribution in [-0.2, 0) is 22.6 Å². The van der Waals surface area contributed by atoms with Gasteiger partial charge in [0.2, 0.25) is 11.8 Å². The standard InChI is InChI=1S/C24H27N3O3S/c1-18(16-20-10-6-7-11-21(20)30-2)27(17-19-8-4-3-5-9-19)23(29)13-12-22(28)26-24-25-14-15-31-24/h3-11,14-15,18H,12-13,16-17H2,1-2H3,(H,25,26,28). The Hall–Kier alpha value is -3.19. The first-order valence-electron chi connectivity index (χ1n) is 10.2. The van der Waals surface area contributed by atoms with Crippen LogP contribution in [-0.4, -0.2) is 34.8 Å². The summed E-state index contributed by atoms with van der Waals surface area (Å²) in [6.07, 6.45) is 2.55. The molecule has 0 aliphatic heterocycles. The number of carbonyl (C=O) groups excluding carboxylic acids is 2. The molecule has 0 fully saturated rings. The quantitative estimate of drug-likeness (QED) is 0.506. The van der Waals surface area contributed by atoms with E-state index in [2.05, 4.69) is 10.3 Å². The molecular formula is C24H27N3O3S. The number of carbonyl (C=O) groups is 2. The Bertz CT molecular complexity index is 977. The van der Waals surface area contributed by atoms with Gasteiger partial charge in [-0.1, -0.05) is 48.5 Å². The van der Waals surface area contributed by atoms with E-state index in [0.717, 1.165) is 16.9 Å². The smallest absolute Gasteiger partial charge is 0.226 e. The summed E-state index contributed by atoms with van der Waals surface area (Å²) in [6, 6.07) is 17.7. The lowest BCUT2D eigenvalue weighted by Crippen LogP contribution is -2.39. The third kappa shape index (κ3) is 6.65. The fraction of sp³-hybridized carbons (Fsp3) is 0.292. The maximum atomic E-state index is 13.1. The Balaban J connectivity index is 1.68. The van der Waals surface area contributed by atoms with Crippen LogP contribution in [0.4, 0.5) is 5.13 Å². The minimum Gasteiger partial charge on any atom is -0.496 e. The number of nitrogens with zero attached hydrogens (tertiary/aromatic N) is 2. The van der Waals surface area contributed by atoms with Crippen LogP contribution < -0.4 is 10.1 Å². The summed E-state index contributed by atoms with van der Waals surface area (Å²) in [6.45, 7) is 2.52. The third-order valence-electron chi connectivity index (χ3n) is 5.00. The fourth-order valence-corrected chi connectivity index (χ4v) is 3.95. The number of aromatic nitrogens is 1. The molecule has 1 N–H and O–H groups in total. The molecule has 0 bridgehead atoms. The SMILES string of the molecule is COc1ccccc1CC(C)N(Cc1ccccc1)C(=O)CCC(=O)Nc1nccs1. The lowest BCUT2D eigenvalue weighted by atomic mass is 10.0. The van der Waals surface area contributed by atoms with Crippen molar-refractivity contribution in [1.82, 2.24) is 9.88 Å². The summed E-state index contributed by atoms with van der Waals surface area (Å²) in [7, 11) is 1.65. The predicted molar refractivity (Wildman–Crippen MR) is 123 cm³/mol. The van der Waals surface area contributed by atoms with E-state index < -0.39 is 0 Å². The number of para-hydroxylation sites is 1. The Labute approximate surface area is 186 Å². The molecule has 0 aliphatic carbocycles. The molecule has 2 amide bonds. The van der Waals surface area contributed by atoms with E-state index in [0.29, 0.717) is 18.1 Å². The number of ether oxygens (including phenoxy) is 1. The minimum atomic E-state index is -0.208. The first-order valence-corrected chi connectivity index (χ1v) is 11.1. The monoisotopic (exact) mass is 437 g/mol. The molecular weight excluding hydrogens is 410 g/mol. The van der Waals surface area contributed by atoms with E-state index in [9.17, 15) is 9.59 Å². The molecule has 0 aliphatic rings. The maximum Gasteiger partial charge on any atom is 0.226 e. The van der Waals surface area contributed by atoms with Crippen molar-refractivity contribution in [1.29, 1.82) is 0 Å². The zero-order valence-corrected chi connectivity index (χ0v) is 18.6. The second kappa shape index (κ2) is 11.3. The first kappa shape index (κ1) is 22.5. The van der Waals surface area contributed by atoms with Gasteiger partial charge in [-0.3, -0.25) is 9.59 Å². The zero-order valence-electron chi connectivity index (χ0n) is 17.8. The van der Waals surface area contributed by atoms with Gasteiger partial charge in [-0.15, -0.1) is 11.3 Å². The minimum absolute atomic E-state index is 0.0551. The maximum absolute atomic E-state index is 13.1. The van der Waals surface area contributed by atoms with Crippen LogP contribution >= 0.6 is 11.3 Å². The van der Waals surface area contributed by atoms with Gasteiger partial charge in [0.05, 0.1) is 7.11 Å². The molecule has 31 heavy (non-hydrogen) atoms. The molecule has 2 aromatic carbocycles. The molecule has 162 valence electrons. The van der Waals surface area contributed by atoms with Crippen LogP contribution in [0.5, 0.6) is 5.75 Å². The number of nitrogens with one attached hydrogen (secondary N) is 1. The molecule has 6 nitrogen and oxygen atoms in total. The molecule has 1 unspecified atom stereocenters. The van der Waals surface area contributed by atoms with Crippen LogP contribution in [0.3, 0.4) is 0 Å². The molecule has 0 saturated heterocycles. The third-order valence-corrected chi connectivity index (χ3v) is 5.69. The highest BCUT2D eigenvalue weighted by atomic mass is 32.1. The Morgan fingerprint density at radius 3 is 2.55 bits per heavy atom. The normalized spacial score (nSPS) is 11.5. The zero-order chi connectivity index (χ0) is 22.1. The summed E-state index contributed by atoms with van der Waals surface area (Å²) in [5, 5.41) is 5.07. The molecule has 1 atom stereocenters. The van der Waals surface area contributed by atoms with Gasteiger partial charge in [-0.2, -0.15) is 0 Å². The predicted octanol–water partition coefficient (Wildman–Crippen LogP) is 4.53. The molecule has 7 heteroatoms. The second-order valence-corrected chi connectivity index (χ2v) is 8.15. The van der Waals surface area contributed by atoms with Gasteiger partial charge < -0.3 is 15.0 Å². The van der Waals surface area contributed by atoms with Gasteiger partial charge >= 0.3 is 0 Å². The Morgan fingerprint density at radius 1 is 1.10 bits per heavy atom. The summed E-state index contributed by atoms with van der Waals surface area (Å²) >= 11 is 1.35. The molecule has 0 saturated carbocycles. The van der Waals surface area contributed by atoms with E-state index in [1.807, 2.05) is 66.4 Å². The van der Waals surface area contributed by atoms with Crippen molar-refractivity contribution < 1.29 is 14.3 Å². The van der Waals surface area contributed by atoms with E-state index in [4.69, 9.17) is 4.74 Å². The van der Waals surface area contributed by atoms with E-state index >= 15 is 0 Å². The molecule has 0 spiro atoms. The summed E-state index contributed by atoms with van der Waals surface area (Å²) in [5.74, 6) is 0.546. The van der Waals surface area contributed by atoms with Gasteiger partial charge in [0.1, 0.15) is 5.75 Å². The number of benzene rings is 2. The topological polar surface area (TPSA) is 71.5 Å². The second-order valence-electron chi connectivity index (χ2n) is 7.26. The lowest BCUT2D eigenvalue weighted by Gasteiger charge is -2.30. The summed E-state index contributed by atoms with van der Waals surface area (Å²) < 4.78 is 5.47. The summed E-state index contributed by atoms with van der Waals surface area (Å²) in [4.78, 5) is 31.2. The Morgan fingerprint density at radius 2 is 1.84 bits per heavy atom. The molecule has 3 rings (SSSR count). The van der Waals surface area contributed by atoms with Crippen molar-refractivity contribution in [3.63, 3.8) is 0 Å². The number of rotatable bonds is 10. The average Bonchev–Trinajstić information content (AvgIpc) is 3.30. The highest BCUT2D eigenvalue weighted by molar-refractivity contribution is 7.13. The van der Waals surface area contributed by atoms with Gasteiger partial charge in [-0.05, 0) is 30.5 Å². The van der Waals surface area contributed by atoms with Crippen LogP contribution in [0, 0.1) is 0 Å².